The Morgan fingerprint density at radius 3 is 1.85 bits per heavy atom. The Morgan fingerprint density at radius 2 is 1.35 bits per heavy atom. The first-order valence-corrected chi connectivity index (χ1v) is 25.6. The first-order chi connectivity index (χ1) is 31.8. The number of likely N-dealkylation sites (tertiary alicyclic amines) is 2. The number of rotatable bonds is 16. The van der Waals surface area contributed by atoms with E-state index in [1.807, 2.05) is 48.5 Å². The van der Waals surface area contributed by atoms with E-state index in [1.54, 1.807) is 12.1 Å². The van der Waals surface area contributed by atoms with Crippen LogP contribution in [-0.4, -0.2) is 98.9 Å². The van der Waals surface area contributed by atoms with Gasteiger partial charge < -0.3 is 31.6 Å². The number of hydrogen-bond donors (Lipinski definition) is 4. The van der Waals surface area contributed by atoms with Crippen LogP contribution in [0, 0.1) is 11.6 Å². The normalized spacial score (nSPS) is 14.8. The minimum absolute atomic E-state index is 0.107. The van der Waals surface area contributed by atoms with Crippen molar-refractivity contribution in [3.05, 3.63) is 125 Å². The molecule has 19 heteroatoms. The van der Waals surface area contributed by atoms with Crippen LogP contribution in [-0.2, 0) is 0 Å². The van der Waals surface area contributed by atoms with Gasteiger partial charge in [0.15, 0.2) is 21.2 Å². The van der Waals surface area contributed by atoms with E-state index in [-0.39, 0.29) is 39.0 Å². The summed E-state index contributed by atoms with van der Waals surface area (Å²) in [5.74, 6) is 0.484. The predicted octanol–water partition coefficient (Wildman–Crippen LogP) is 10.2. The summed E-state index contributed by atoms with van der Waals surface area (Å²) in [6.07, 6.45) is 5.13. The number of halogens is 3. The van der Waals surface area contributed by atoms with E-state index in [4.69, 9.17) is 33.2 Å². The number of Topliss-reactive ketones (excluding diaryl/α,β-unsaturated/α-hetero) is 1. The molecule has 0 radical (unpaired) electrons. The van der Waals surface area contributed by atoms with Gasteiger partial charge in [0.2, 0.25) is 5.78 Å². The second-order valence-electron chi connectivity index (χ2n) is 15.3. The summed E-state index contributed by atoms with van der Waals surface area (Å²) in [6, 6.07) is 27.3. The molecule has 1 unspecified atom stereocenters. The zero-order valence-electron chi connectivity index (χ0n) is 36.9. The van der Waals surface area contributed by atoms with Crippen molar-refractivity contribution in [3.8, 4) is 11.5 Å². The third kappa shape index (κ3) is 17.3. The number of nitrogens with two attached hydrogens (primary N) is 2. The average Bonchev–Trinajstić information content (AvgIpc) is 4.13. The molecule has 4 aromatic carbocycles. The van der Waals surface area contributed by atoms with Crippen LogP contribution in [0.4, 0.5) is 31.1 Å². The fourth-order valence-corrected chi connectivity index (χ4v) is 9.12. The number of amidine groups is 1. The second-order valence-corrected chi connectivity index (χ2v) is 19.3. The van der Waals surface area contributed by atoms with Gasteiger partial charge in [-0.15, -0.1) is 9.24 Å². The highest BCUT2D eigenvalue weighted by atomic mass is 79.9. The van der Waals surface area contributed by atoms with Crippen LogP contribution < -0.4 is 31.6 Å². The number of hydrogen-bond acceptors (Lipinski definition) is 12. The number of benzene rings is 4. The number of thiazole rings is 1. The zero-order chi connectivity index (χ0) is 47.4. The van der Waals surface area contributed by atoms with Crippen LogP contribution >= 0.6 is 60.5 Å². The molecule has 2 saturated heterocycles. The fraction of sp³-hybridized carbons (Fsp3) is 0.340. The summed E-state index contributed by atoms with van der Waals surface area (Å²) >= 11 is 10.7. The van der Waals surface area contributed by atoms with Crippen molar-refractivity contribution in [2.45, 2.75) is 51.6 Å². The minimum atomic E-state index is -0.468. The number of nitrogens with zero attached hydrogens (tertiary/aromatic N) is 4. The molecule has 2 aliphatic heterocycles. The summed E-state index contributed by atoms with van der Waals surface area (Å²) in [6.45, 7) is 10.4. The Bertz CT molecular complexity index is 2370. The predicted molar refractivity (Wildman–Crippen MR) is 279 cm³/mol. The summed E-state index contributed by atoms with van der Waals surface area (Å²) in [7, 11) is 2.58. The molecule has 0 amide bonds. The molecular weight excluding hydrogens is 986 g/mol. The van der Waals surface area contributed by atoms with Gasteiger partial charge in [0.25, 0.3) is 0 Å². The second kappa shape index (κ2) is 27.3. The van der Waals surface area contributed by atoms with Gasteiger partial charge >= 0.3 is 0 Å². The lowest BCUT2D eigenvalue weighted by Crippen LogP contribution is -2.34. The maximum atomic E-state index is 13.4. The highest BCUT2D eigenvalue weighted by Gasteiger charge is 2.21. The first-order valence-electron chi connectivity index (χ1n) is 21.4. The van der Waals surface area contributed by atoms with E-state index in [0.717, 1.165) is 52.8 Å². The van der Waals surface area contributed by atoms with E-state index in [0.29, 0.717) is 46.3 Å². The summed E-state index contributed by atoms with van der Waals surface area (Å²) < 4.78 is 37.7. The molecule has 3 heterocycles. The SMILES string of the molecule is C[C@H](COc1ccc(NC(=S)N=C(N)SCP)cc1)N1CCCC1.C[C@H](COc1ccc(Nc2nc(N)c(C(=O)c3cccc(F)c3)s2)cc1)N1CCCC1.O=C(CBr)c1cccc(F)c1. The zero-order valence-corrected chi connectivity index (χ0v) is 42.1. The minimum Gasteiger partial charge on any atom is -0.492 e. The van der Waals surface area contributed by atoms with Crippen LogP contribution in [0.2, 0.25) is 0 Å². The highest BCUT2D eigenvalue weighted by Crippen LogP contribution is 2.30. The maximum absolute atomic E-state index is 13.4. The van der Waals surface area contributed by atoms with Gasteiger partial charge in [0.05, 0.1) is 5.33 Å². The largest absolute Gasteiger partial charge is 0.492 e. The molecule has 0 bridgehead atoms. The van der Waals surface area contributed by atoms with E-state index in [2.05, 4.69) is 69.4 Å². The number of thioether (sulfide) groups is 1. The van der Waals surface area contributed by atoms with E-state index in [9.17, 15) is 18.4 Å². The van der Waals surface area contributed by atoms with Gasteiger partial charge in [-0.05, 0) is 151 Å². The summed E-state index contributed by atoms with van der Waals surface area (Å²) in [5, 5.41) is 7.74. The van der Waals surface area contributed by atoms with Crippen LogP contribution in [0.1, 0.15) is 65.1 Å². The standard InChI is InChI=1S/C23H25FN4O2S.C16H25N4OPS2.C8H6BrFO/c1-15(28-11-2-3-12-28)14-30-19-9-7-18(8-10-19)26-23-27-22(25)21(31-23)20(29)16-5-4-6-17(24)13-16;1-12(20-8-2-3-9-20)10-21-14-6-4-13(5-7-14)18-16(23)19-15(17)24-11-22;9-5-8(11)6-2-1-3-7(10)4-6/h4-10,13,15H,2-3,11-12,14,25H2,1H3,(H,26,27);4-7,12H,2-3,8-11,22H2,1H3,(H3,17,18,19,23);1-4H,5H2/t15-;12-;/m11./s1. The van der Waals surface area contributed by atoms with Crippen molar-refractivity contribution in [3.63, 3.8) is 0 Å². The number of thiocarbonyl (C=S) groups is 1. The smallest absolute Gasteiger partial charge is 0.206 e. The molecule has 0 aliphatic carbocycles. The Kier molecular flexibility index (Phi) is 21.7. The topological polar surface area (TPSA) is 160 Å². The summed E-state index contributed by atoms with van der Waals surface area (Å²) in [4.78, 5) is 37.1. The molecule has 7 rings (SSSR count). The Balaban J connectivity index is 0.000000206. The van der Waals surface area contributed by atoms with Crippen molar-refractivity contribution in [2.24, 2.45) is 10.7 Å². The fourth-order valence-electron chi connectivity index (χ4n) is 6.82. The number of alkyl halides is 1. The monoisotopic (exact) mass is 1040 g/mol. The van der Waals surface area contributed by atoms with Crippen LogP contribution in [0.5, 0.6) is 11.5 Å². The van der Waals surface area contributed by atoms with Crippen molar-refractivity contribution < 1.29 is 27.8 Å². The number of aliphatic imine (C=N–C) groups is 1. The quantitative estimate of drug-likeness (QED) is 0.0185. The van der Waals surface area contributed by atoms with Gasteiger partial charge in [-0.25, -0.2) is 13.8 Å². The average molecular weight is 1040 g/mol. The molecule has 2 aliphatic rings. The molecule has 5 aromatic rings. The number of nitrogen functional groups attached to an aromatic ring is 1. The van der Waals surface area contributed by atoms with Gasteiger partial charge in [0, 0.05) is 40.1 Å². The number of carbonyl (C=O) groups is 2. The van der Waals surface area contributed by atoms with E-state index >= 15 is 0 Å². The van der Waals surface area contributed by atoms with Crippen LogP contribution in [0.15, 0.2) is 102 Å². The van der Waals surface area contributed by atoms with Gasteiger partial charge in [0.1, 0.15) is 47.0 Å². The van der Waals surface area contributed by atoms with Crippen molar-refractivity contribution in [1.82, 2.24) is 14.8 Å². The third-order valence-corrected chi connectivity index (χ3v) is 13.1. The highest BCUT2D eigenvalue weighted by molar-refractivity contribution is 9.09. The molecule has 2 fully saturated rings. The number of nitrogens with one attached hydrogen (secondary N) is 2. The lowest BCUT2D eigenvalue weighted by Gasteiger charge is -2.23. The Morgan fingerprint density at radius 1 is 0.848 bits per heavy atom. The molecule has 3 atom stereocenters. The lowest BCUT2D eigenvalue weighted by atomic mass is 10.1. The number of anilines is 4. The molecule has 0 saturated carbocycles. The van der Waals surface area contributed by atoms with Crippen LogP contribution in [0.3, 0.4) is 0 Å². The number of aromatic nitrogens is 1. The maximum Gasteiger partial charge on any atom is 0.206 e. The third-order valence-electron chi connectivity index (χ3n) is 10.4. The van der Waals surface area contributed by atoms with Gasteiger partial charge in [-0.1, -0.05) is 63.3 Å². The van der Waals surface area contributed by atoms with E-state index in [1.165, 1.54) is 86.9 Å². The van der Waals surface area contributed by atoms with Crippen molar-refractivity contribution in [1.29, 1.82) is 0 Å². The van der Waals surface area contributed by atoms with Crippen molar-refractivity contribution in [2.75, 3.05) is 66.6 Å². The van der Waals surface area contributed by atoms with E-state index < -0.39 is 5.82 Å². The molecule has 352 valence electrons. The molecule has 0 spiro atoms. The number of carbonyl (C=O) groups excluding carboxylic acids is 2. The number of ketones is 2. The Labute approximate surface area is 410 Å². The summed E-state index contributed by atoms with van der Waals surface area (Å²) in [5.41, 5.74) is 14.8. The van der Waals surface area contributed by atoms with Gasteiger partial charge in [-0.2, -0.15) is 4.99 Å². The first kappa shape index (κ1) is 52.4. The molecular formula is C47H56BrF2N8O4PS3. The molecule has 1 aromatic heterocycles. The molecule has 6 N–H and O–H groups in total. The Hall–Kier alpha value is -4.55. The van der Waals surface area contributed by atoms with Crippen molar-refractivity contribution >= 4 is 105 Å². The lowest BCUT2D eigenvalue weighted by molar-refractivity contribution is 0.102. The molecule has 12 nitrogen and oxygen atoms in total. The van der Waals surface area contributed by atoms with Crippen LogP contribution in [0.25, 0.3) is 0 Å². The van der Waals surface area contributed by atoms with Gasteiger partial charge in [-0.3, -0.25) is 19.4 Å². The number of ether oxygens (including phenoxy) is 2. The molecule has 66 heavy (non-hydrogen) atoms.